The summed E-state index contributed by atoms with van der Waals surface area (Å²) in [6, 6.07) is 7.81. The smallest absolute Gasteiger partial charge is 0.166 e. The third kappa shape index (κ3) is 1.24. The third-order valence-corrected chi connectivity index (χ3v) is 2.06. The van der Waals surface area contributed by atoms with Gasteiger partial charge in [0.05, 0.1) is 12.1 Å². The molecule has 0 saturated carbocycles. The standard InChI is InChI=1S/C10H10N4/c1-12-7-10-13-8(6-11)9-4-2-3-5-14(9)10/h2-5,12H,7H2,1H3. The van der Waals surface area contributed by atoms with Crippen LogP contribution in [0, 0.1) is 11.3 Å². The summed E-state index contributed by atoms with van der Waals surface area (Å²) < 4.78 is 1.93. The number of pyridine rings is 1. The number of aromatic nitrogens is 2. The molecule has 0 amide bonds. The Hall–Kier alpha value is -1.86. The normalized spacial score (nSPS) is 10.3. The Morgan fingerprint density at radius 2 is 2.43 bits per heavy atom. The van der Waals surface area contributed by atoms with Crippen LogP contribution in [-0.2, 0) is 6.54 Å². The zero-order chi connectivity index (χ0) is 9.97. The molecule has 0 saturated heterocycles. The molecule has 14 heavy (non-hydrogen) atoms. The van der Waals surface area contributed by atoms with Crippen LogP contribution >= 0.6 is 0 Å². The van der Waals surface area contributed by atoms with Gasteiger partial charge in [-0.05, 0) is 19.2 Å². The first kappa shape index (κ1) is 8.73. The number of fused-ring (bicyclic) bond motifs is 1. The quantitative estimate of drug-likeness (QED) is 0.759. The summed E-state index contributed by atoms with van der Waals surface area (Å²) in [5, 5.41) is 11.9. The summed E-state index contributed by atoms with van der Waals surface area (Å²) in [6.07, 6.45) is 1.91. The number of hydrogen-bond acceptors (Lipinski definition) is 3. The molecule has 0 spiro atoms. The Bertz CT molecular complexity index is 492. The maximum atomic E-state index is 8.87. The van der Waals surface area contributed by atoms with E-state index >= 15 is 0 Å². The molecule has 4 heteroatoms. The SMILES string of the molecule is CNCc1nc(C#N)c2ccccn12. The summed E-state index contributed by atoms with van der Waals surface area (Å²) in [5.74, 6) is 0.861. The average Bonchev–Trinajstić information content (AvgIpc) is 2.58. The Morgan fingerprint density at radius 3 is 3.14 bits per heavy atom. The zero-order valence-electron chi connectivity index (χ0n) is 7.86. The van der Waals surface area contributed by atoms with Crippen molar-refractivity contribution in [1.82, 2.24) is 14.7 Å². The molecule has 0 aromatic carbocycles. The number of imidazole rings is 1. The van der Waals surface area contributed by atoms with E-state index in [4.69, 9.17) is 5.26 Å². The predicted octanol–water partition coefficient (Wildman–Crippen LogP) is 0.925. The van der Waals surface area contributed by atoms with Crippen molar-refractivity contribution < 1.29 is 0 Å². The Kier molecular flexibility index (Phi) is 2.17. The summed E-state index contributed by atoms with van der Waals surface area (Å²) in [7, 11) is 1.86. The molecule has 0 aliphatic carbocycles. The number of nitrogens with zero attached hydrogens (tertiary/aromatic N) is 3. The highest BCUT2D eigenvalue weighted by molar-refractivity contribution is 5.58. The molecule has 4 nitrogen and oxygen atoms in total. The van der Waals surface area contributed by atoms with Crippen molar-refractivity contribution in [3.05, 3.63) is 35.9 Å². The molecule has 2 aromatic heterocycles. The zero-order valence-corrected chi connectivity index (χ0v) is 7.86. The minimum atomic E-state index is 0.482. The van der Waals surface area contributed by atoms with Gasteiger partial charge < -0.3 is 9.72 Å². The number of nitrogens with one attached hydrogen (secondary N) is 1. The van der Waals surface area contributed by atoms with Gasteiger partial charge in [-0.2, -0.15) is 5.26 Å². The molecular formula is C10H10N4. The maximum Gasteiger partial charge on any atom is 0.166 e. The Labute approximate surface area is 81.8 Å². The van der Waals surface area contributed by atoms with Crippen LogP contribution in [0.5, 0.6) is 0 Å². The fourth-order valence-corrected chi connectivity index (χ4v) is 1.47. The number of hydrogen-bond donors (Lipinski definition) is 1. The van der Waals surface area contributed by atoms with Crippen molar-refractivity contribution in [3.8, 4) is 6.07 Å². The van der Waals surface area contributed by atoms with Crippen molar-refractivity contribution in [2.24, 2.45) is 0 Å². The van der Waals surface area contributed by atoms with E-state index in [2.05, 4.69) is 16.4 Å². The van der Waals surface area contributed by atoms with Gasteiger partial charge in [-0.15, -0.1) is 0 Å². The van der Waals surface area contributed by atoms with Crippen LogP contribution in [0.15, 0.2) is 24.4 Å². The van der Waals surface area contributed by atoms with E-state index in [0.29, 0.717) is 12.2 Å². The molecule has 70 valence electrons. The Balaban J connectivity index is 2.68. The number of rotatable bonds is 2. The highest BCUT2D eigenvalue weighted by Crippen LogP contribution is 2.11. The molecule has 2 aromatic rings. The van der Waals surface area contributed by atoms with E-state index in [9.17, 15) is 0 Å². The second kappa shape index (κ2) is 3.48. The molecule has 0 bridgehead atoms. The van der Waals surface area contributed by atoms with Crippen LogP contribution in [0.25, 0.3) is 5.52 Å². The summed E-state index contributed by atoms with van der Waals surface area (Å²) >= 11 is 0. The average molecular weight is 186 g/mol. The van der Waals surface area contributed by atoms with Gasteiger partial charge in [0.2, 0.25) is 0 Å². The molecule has 2 heterocycles. The van der Waals surface area contributed by atoms with Crippen LogP contribution in [0.2, 0.25) is 0 Å². The van der Waals surface area contributed by atoms with E-state index in [1.165, 1.54) is 0 Å². The van der Waals surface area contributed by atoms with Crippen molar-refractivity contribution in [2.45, 2.75) is 6.54 Å². The van der Waals surface area contributed by atoms with Crippen molar-refractivity contribution in [1.29, 1.82) is 5.26 Å². The first-order valence-electron chi connectivity index (χ1n) is 4.37. The second-order valence-corrected chi connectivity index (χ2v) is 2.97. The van der Waals surface area contributed by atoms with Gasteiger partial charge in [0.1, 0.15) is 11.9 Å². The fourth-order valence-electron chi connectivity index (χ4n) is 1.47. The fraction of sp³-hybridized carbons (Fsp3) is 0.200. The van der Waals surface area contributed by atoms with Gasteiger partial charge in [0, 0.05) is 6.20 Å². The maximum absolute atomic E-state index is 8.87. The molecule has 0 fully saturated rings. The van der Waals surface area contributed by atoms with Gasteiger partial charge in [-0.1, -0.05) is 6.07 Å². The summed E-state index contributed by atoms with van der Waals surface area (Å²) in [4.78, 5) is 4.24. The highest BCUT2D eigenvalue weighted by atomic mass is 15.1. The van der Waals surface area contributed by atoms with E-state index in [0.717, 1.165) is 11.3 Å². The first-order valence-corrected chi connectivity index (χ1v) is 4.37. The van der Waals surface area contributed by atoms with Gasteiger partial charge in [0.15, 0.2) is 5.69 Å². The first-order chi connectivity index (χ1) is 6.86. The molecule has 0 radical (unpaired) electrons. The lowest BCUT2D eigenvalue weighted by molar-refractivity contribution is 0.755. The molecule has 2 rings (SSSR count). The molecular weight excluding hydrogens is 176 g/mol. The van der Waals surface area contributed by atoms with Gasteiger partial charge in [-0.3, -0.25) is 0 Å². The molecule has 0 aliphatic heterocycles. The van der Waals surface area contributed by atoms with Gasteiger partial charge in [0.25, 0.3) is 0 Å². The monoisotopic (exact) mass is 186 g/mol. The van der Waals surface area contributed by atoms with Crippen LogP contribution in [-0.4, -0.2) is 16.4 Å². The van der Waals surface area contributed by atoms with Crippen LogP contribution in [0.4, 0.5) is 0 Å². The lowest BCUT2D eigenvalue weighted by atomic mass is 10.3. The topological polar surface area (TPSA) is 53.1 Å². The number of nitriles is 1. The summed E-state index contributed by atoms with van der Waals surface area (Å²) in [5.41, 5.74) is 1.34. The lowest BCUT2D eigenvalue weighted by Crippen LogP contribution is -2.08. The minimum absolute atomic E-state index is 0.482. The highest BCUT2D eigenvalue weighted by Gasteiger charge is 2.08. The lowest BCUT2D eigenvalue weighted by Gasteiger charge is -1.98. The van der Waals surface area contributed by atoms with Crippen molar-refractivity contribution >= 4 is 5.52 Å². The molecule has 0 aliphatic rings. The van der Waals surface area contributed by atoms with Crippen LogP contribution in [0.1, 0.15) is 11.5 Å². The predicted molar refractivity (Wildman–Crippen MR) is 52.7 cm³/mol. The largest absolute Gasteiger partial charge is 0.313 e. The molecule has 0 unspecified atom stereocenters. The van der Waals surface area contributed by atoms with E-state index in [1.54, 1.807) is 0 Å². The van der Waals surface area contributed by atoms with Crippen LogP contribution < -0.4 is 5.32 Å². The Morgan fingerprint density at radius 1 is 1.57 bits per heavy atom. The molecule has 0 atom stereocenters. The van der Waals surface area contributed by atoms with E-state index in [1.807, 2.05) is 35.8 Å². The summed E-state index contributed by atoms with van der Waals surface area (Å²) in [6.45, 7) is 0.660. The van der Waals surface area contributed by atoms with Gasteiger partial charge in [-0.25, -0.2) is 4.98 Å². The molecule has 1 N–H and O–H groups in total. The third-order valence-electron chi connectivity index (χ3n) is 2.06. The van der Waals surface area contributed by atoms with E-state index < -0.39 is 0 Å². The van der Waals surface area contributed by atoms with E-state index in [-0.39, 0.29) is 0 Å². The van der Waals surface area contributed by atoms with Crippen molar-refractivity contribution in [3.63, 3.8) is 0 Å². The van der Waals surface area contributed by atoms with Crippen LogP contribution in [0.3, 0.4) is 0 Å². The second-order valence-electron chi connectivity index (χ2n) is 2.97. The minimum Gasteiger partial charge on any atom is -0.313 e. The van der Waals surface area contributed by atoms with Gasteiger partial charge >= 0.3 is 0 Å². The van der Waals surface area contributed by atoms with Crippen molar-refractivity contribution in [2.75, 3.05) is 7.05 Å².